The first-order valence-electron chi connectivity index (χ1n) is 8.88. The number of rotatable bonds is 4. The van der Waals surface area contributed by atoms with Crippen LogP contribution in [-0.4, -0.2) is 47.7 Å². The zero-order valence-electron chi connectivity index (χ0n) is 15.1. The van der Waals surface area contributed by atoms with E-state index in [0.29, 0.717) is 23.5 Å². The van der Waals surface area contributed by atoms with Crippen molar-refractivity contribution < 1.29 is 32.3 Å². The van der Waals surface area contributed by atoms with E-state index in [1.807, 2.05) is 0 Å². The van der Waals surface area contributed by atoms with Crippen molar-refractivity contribution in [1.29, 1.82) is 0 Å². The maximum Gasteiger partial charge on any atom is 0.440 e. The van der Waals surface area contributed by atoms with Crippen LogP contribution in [0.3, 0.4) is 0 Å². The molecule has 1 aromatic carbocycles. The molecule has 2 N–H and O–H groups in total. The molecule has 2 aliphatic rings. The SMILES string of the molecule is COc1ccc(C(=O)NC2(C(F)(F)F)NC(=O)N(C3CCCCC3)C2=O)cc1. The Hall–Kier alpha value is -2.78. The summed E-state index contributed by atoms with van der Waals surface area (Å²) in [5, 5.41) is 3.39. The van der Waals surface area contributed by atoms with Crippen molar-refractivity contribution >= 4 is 17.8 Å². The van der Waals surface area contributed by atoms with Crippen LogP contribution in [0.2, 0.25) is 0 Å². The molecule has 2 fully saturated rings. The molecule has 7 nitrogen and oxygen atoms in total. The molecule has 3 rings (SSSR count). The van der Waals surface area contributed by atoms with Crippen LogP contribution in [0.25, 0.3) is 0 Å². The van der Waals surface area contributed by atoms with Crippen LogP contribution in [0.15, 0.2) is 24.3 Å². The second-order valence-electron chi connectivity index (χ2n) is 6.83. The highest BCUT2D eigenvalue weighted by atomic mass is 19.4. The molecule has 28 heavy (non-hydrogen) atoms. The average molecular weight is 399 g/mol. The van der Waals surface area contributed by atoms with Crippen molar-refractivity contribution in [2.24, 2.45) is 0 Å². The molecular formula is C18H20F3N3O4. The third kappa shape index (κ3) is 3.38. The molecule has 152 valence electrons. The number of hydrogen-bond acceptors (Lipinski definition) is 4. The van der Waals surface area contributed by atoms with Crippen LogP contribution >= 0.6 is 0 Å². The largest absolute Gasteiger partial charge is 0.497 e. The van der Waals surface area contributed by atoms with Crippen LogP contribution in [0.1, 0.15) is 42.5 Å². The molecule has 10 heteroatoms. The molecular weight excluding hydrogens is 379 g/mol. The summed E-state index contributed by atoms with van der Waals surface area (Å²) in [7, 11) is 1.40. The van der Waals surface area contributed by atoms with Gasteiger partial charge in [0.25, 0.3) is 17.5 Å². The van der Waals surface area contributed by atoms with Gasteiger partial charge in [-0.05, 0) is 37.1 Å². The fourth-order valence-electron chi connectivity index (χ4n) is 3.55. The van der Waals surface area contributed by atoms with E-state index in [9.17, 15) is 27.6 Å². The van der Waals surface area contributed by atoms with E-state index in [-0.39, 0.29) is 5.56 Å². The van der Waals surface area contributed by atoms with Crippen molar-refractivity contribution in [2.45, 2.75) is 50.0 Å². The van der Waals surface area contributed by atoms with Gasteiger partial charge in [-0.25, -0.2) is 4.79 Å². The fourth-order valence-corrected chi connectivity index (χ4v) is 3.55. The van der Waals surface area contributed by atoms with Crippen molar-refractivity contribution in [1.82, 2.24) is 15.5 Å². The number of alkyl halides is 3. The number of carbonyl (C=O) groups excluding carboxylic acids is 3. The van der Waals surface area contributed by atoms with Crippen molar-refractivity contribution in [3.05, 3.63) is 29.8 Å². The summed E-state index contributed by atoms with van der Waals surface area (Å²) < 4.78 is 46.6. The molecule has 1 heterocycles. The van der Waals surface area contributed by atoms with Gasteiger partial charge in [0.05, 0.1) is 7.11 Å². The third-order valence-corrected chi connectivity index (χ3v) is 5.07. The van der Waals surface area contributed by atoms with Gasteiger partial charge in [-0.1, -0.05) is 19.3 Å². The lowest BCUT2D eigenvalue weighted by molar-refractivity contribution is -0.200. The maximum absolute atomic E-state index is 13.9. The zero-order valence-corrected chi connectivity index (χ0v) is 15.1. The molecule has 1 aliphatic heterocycles. The number of hydrogen-bond donors (Lipinski definition) is 2. The second-order valence-corrected chi connectivity index (χ2v) is 6.83. The highest BCUT2D eigenvalue weighted by Gasteiger charge is 2.69. The molecule has 0 radical (unpaired) electrons. The van der Waals surface area contributed by atoms with E-state index in [2.05, 4.69) is 0 Å². The van der Waals surface area contributed by atoms with E-state index in [1.165, 1.54) is 31.4 Å². The Bertz CT molecular complexity index is 775. The molecule has 0 spiro atoms. The Morgan fingerprint density at radius 2 is 1.79 bits per heavy atom. The van der Waals surface area contributed by atoms with Crippen LogP contribution in [-0.2, 0) is 4.79 Å². The number of carbonyl (C=O) groups is 3. The lowest BCUT2D eigenvalue weighted by Gasteiger charge is -2.32. The number of halogens is 3. The minimum atomic E-state index is -5.22. The quantitative estimate of drug-likeness (QED) is 0.762. The molecule has 0 bridgehead atoms. The fraction of sp³-hybridized carbons (Fsp3) is 0.500. The van der Waals surface area contributed by atoms with Crippen LogP contribution in [0, 0.1) is 0 Å². The van der Waals surface area contributed by atoms with Crippen molar-refractivity contribution in [3.8, 4) is 5.75 Å². The zero-order chi connectivity index (χ0) is 20.5. The number of ether oxygens (including phenoxy) is 1. The minimum absolute atomic E-state index is 0.109. The molecule has 1 aromatic rings. The summed E-state index contributed by atoms with van der Waals surface area (Å²) in [6, 6.07) is 3.57. The van der Waals surface area contributed by atoms with Crippen LogP contribution in [0.5, 0.6) is 5.75 Å². The average Bonchev–Trinajstić information content (AvgIpc) is 2.93. The van der Waals surface area contributed by atoms with Gasteiger partial charge in [0.2, 0.25) is 0 Å². The van der Waals surface area contributed by atoms with Gasteiger partial charge >= 0.3 is 12.2 Å². The second kappa shape index (κ2) is 7.33. The number of urea groups is 1. The number of nitrogens with zero attached hydrogens (tertiary/aromatic N) is 1. The Labute approximate surface area is 159 Å². The normalized spacial score (nSPS) is 23.5. The molecule has 1 saturated heterocycles. The first-order chi connectivity index (χ1) is 13.2. The monoisotopic (exact) mass is 399 g/mol. The van der Waals surface area contributed by atoms with Gasteiger partial charge in [0.15, 0.2) is 0 Å². The Morgan fingerprint density at radius 3 is 2.32 bits per heavy atom. The summed E-state index contributed by atoms with van der Waals surface area (Å²) in [5.41, 5.74) is -3.60. The molecule has 1 unspecified atom stereocenters. The Balaban J connectivity index is 1.89. The summed E-state index contributed by atoms with van der Waals surface area (Å²) in [5.74, 6) is -2.23. The molecule has 0 aromatic heterocycles. The highest BCUT2D eigenvalue weighted by Crippen LogP contribution is 2.36. The number of imide groups is 1. The van der Waals surface area contributed by atoms with Gasteiger partial charge in [-0.3, -0.25) is 19.8 Å². The van der Waals surface area contributed by atoms with Crippen LogP contribution < -0.4 is 15.4 Å². The summed E-state index contributed by atoms with van der Waals surface area (Å²) in [6.07, 6.45) is -1.99. The molecule has 4 amide bonds. The van der Waals surface area contributed by atoms with E-state index in [4.69, 9.17) is 4.74 Å². The highest BCUT2D eigenvalue weighted by molar-refractivity contribution is 6.10. The molecule has 1 saturated carbocycles. The van der Waals surface area contributed by atoms with Gasteiger partial charge in [0, 0.05) is 11.6 Å². The number of methoxy groups -OCH3 is 1. The van der Waals surface area contributed by atoms with E-state index >= 15 is 0 Å². The summed E-state index contributed by atoms with van der Waals surface area (Å²) in [6.45, 7) is 0. The standard InChI is InChI=1S/C18H20F3N3O4/c1-28-13-9-7-11(8-10-13)14(25)22-17(18(19,20)21)15(26)24(16(27)23-17)12-5-3-2-4-6-12/h7-10,12H,2-6H2,1H3,(H,22,25)(H,23,27). The van der Waals surface area contributed by atoms with Gasteiger partial charge in [0.1, 0.15) is 5.75 Å². The smallest absolute Gasteiger partial charge is 0.440 e. The maximum atomic E-state index is 13.9. The minimum Gasteiger partial charge on any atom is -0.497 e. The Kier molecular flexibility index (Phi) is 5.22. The van der Waals surface area contributed by atoms with E-state index in [1.54, 1.807) is 10.6 Å². The van der Waals surface area contributed by atoms with Crippen molar-refractivity contribution in [3.63, 3.8) is 0 Å². The van der Waals surface area contributed by atoms with Crippen molar-refractivity contribution in [2.75, 3.05) is 7.11 Å². The van der Waals surface area contributed by atoms with Gasteiger partial charge in [-0.15, -0.1) is 0 Å². The molecule has 1 atom stereocenters. The lowest BCUT2D eigenvalue weighted by atomic mass is 9.94. The summed E-state index contributed by atoms with van der Waals surface area (Å²) in [4.78, 5) is 38.0. The topological polar surface area (TPSA) is 87.7 Å². The first-order valence-corrected chi connectivity index (χ1v) is 8.88. The van der Waals surface area contributed by atoms with E-state index < -0.39 is 35.7 Å². The third-order valence-electron chi connectivity index (χ3n) is 5.07. The first kappa shape index (κ1) is 20.0. The number of nitrogens with one attached hydrogen (secondary N) is 2. The number of benzene rings is 1. The lowest BCUT2D eigenvalue weighted by Crippen LogP contribution is -2.69. The van der Waals surface area contributed by atoms with Gasteiger partial charge < -0.3 is 10.1 Å². The molecule has 1 aliphatic carbocycles. The van der Waals surface area contributed by atoms with Gasteiger partial charge in [-0.2, -0.15) is 13.2 Å². The predicted octanol–water partition coefficient (Wildman–Crippen LogP) is 2.57. The number of amides is 4. The summed E-state index contributed by atoms with van der Waals surface area (Å²) >= 11 is 0. The predicted molar refractivity (Wildman–Crippen MR) is 91.5 cm³/mol. The van der Waals surface area contributed by atoms with E-state index in [0.717, 1.165) is 19.3 Å². The Morgan fingerprint density at radius 1 is 1.18 bits per heavy atom. The van der Waals surface area contributed by atoms with Crippen LogP contribution in [0.4, 0.5) is 18.0 Å².